The topological polar surface area (TPSA) is 33.6 Å². The van der Waals surface area contributed by atoms with E-state index in [4.69, 9.17) is 4.74 Å². The van der Waals surface area contributed by atoms with Crippen LogP contribution in [-0.4, -0.2) is 12.8 Å². The third-order valence-electron chi connectivity index (χ3n) is 2.46. The summed E-state index contributed by atoms with van der Waals surface area (Å²) in [5.74, 6) is 0.839. The average Bonchev–Trinajstić information content (AvgIpc) is 2.43. The van der Waals surface area contributed by atoms with Crippen molar-refractivity contribution in [2.45, 2.75) is 6.92 Å². The maximum atomic E-state index is 5.53. The molecule has 0 unspecified atom stereocenters. The van der Waals surface area contributed by atoms with Gasteiger partial charge in [-0.2, -0.15) is 5.10 Å². The largest absolute Gasteiger partial charge is 0.493 e. The van der Waals surface area contributed by atoms with Crippen molar-refractivity contribution in [3.63, 3.8) is 0 Å². The van der Waals surface area contributed by atoms with Gasteiger partial charge < -0.3 is 4.74 Å². The Labute approximate surface area is 121 Å². The highest BCUT2D eigenvalue weighted by molar-refractivity contribution is 9.10. The van der Waals surface area contributed by atoms with Crippen LogP contribution in [0.3, 0.4) is 0 Å². The van der Waals surface area contributed by atoms with Crippen LogP contribution in [0.1, 0.15) is 12.5 Å². The highest BCUT2D eigenvalue weighted by atomic mass is 79.9. The number of rotatable bonds is 5. The van der Waals surface area contributed by atoms with Gasteiger partial charge in [0.2, 0.25) is 0 Å². The van der Waals surface area contributed by atoms with Crippen LogP contribution in [0.5, 0.6) is 5.75 Å². The summed E-state index contributed by atoms with van der Waals surface area (Å²) >= 11 is 3.39. The highest BCUT2D eigenvalue weighted by Gasteiger charge is 1.98. The first-order chi connectivity index (χ1) is 9.29. The molecule has 0 bridgehead atoms. The summed E-state index contributed by atoms with van der Waals surface area (Å²) in [5, 5.41) is 4.21. The fourth-order valence-corrected chi connectivity index (χ4v) is 1.84. The van der Waals surface area contributed by atoms with E-state index in [0.29, 0.717) is 6.61 Å². The first-order valence-electron chi connectivity index (χ1n) is 6.06. The number of benzene rings is 2. The van der Waals surface area contributed by atoms with E-state index in [2.05, 4.69) is 26.5 Å². The summed E-state index contributed by atoms with van der Waals surface area (Å²) in [6, 6.07) is 15.7. The quantitative estimate of drug-likeness (QED) is 0.659. The molecule has 0 aliphatic heterocycles. The van der Waals surface area contributed by atoms with Gasteiger partial charge in [0, 0.05) is 10.0 Å². The molecule has 0 saturated carbocycles. The number of nitrogens with one attached hydrogen (secondary N) is 1. The Morgan fingerprint density at radius 3 is 2.63 bits per heavy atom. The molecule has 0 saturated heterocycles. The number of hydrogen-bond acceptors (Lipinski definition) is 3. The number of nitrogens with zero attached hydrogens (tertiary/aromatic N) is 1. The summed E-state index contributed by atoms with van der Waals surface area (Å²) < 4.78 is 6.58. The normalized spacial score (nSPS) is 10.6. The van der Waals surface area contributed by atoms with Crippen molar-refractivity contribution in [1.82, 2.24) is 0 Å². The lowest BCUT2D eigenvalue weighted by Crippen LogP contribution is -1.97. The lowest BCUT2D eigenvalue weighted by Gasteiger charge is -2.06. The highest BCUT2D eigenvalue weighted by Crippen LogP contribution is 2.16. The molecular formula is C15H15BrN2O. The number of para-hydroxylation sites is 1. The predicted octanol–water partition coefficient (Wildman–Crippen LogP) is 4.29. The molecule has 2 aromatic carbocycles. The predicted molar refractivity (Wildman–Crippen MR) is 83.0 cm³/mol. The van der Waals surface area contributed by atoms with Crippen molar-refractivity contribution in [2.75, 3.05) is 12.0 Å². The lowest BCUT2D eigenvalue weighted by atomic mass is 10.2. The second kappa shape index (κ2) is 6.95. The minimum Gasteiger partial charge on any atom is -0.493 e. The van der Waals surface area contributed by atoms with Crippen molar-refractivity contribution in [3.05, 3.63) is 58.6 Å². The number of hydrogen-bond donors (Lipinski definition) is 1. The minimum atomic E-state index is 0.644. The smallest absolute Gasteiger partial charge is 0.128 e. The fourth-order valence-electron chi connectivity index (χ4n) is 1.57. The van der Waals surface area contributed by atoms with Crippen LogP contribution >= 0.6 is 15.9 Å². The first kappa shape index (κ1) is 13.6. The van der Waals surface area contributed by atoms with Gasteiger partial charge in [0.15, 0.2) is 0 Å². The molecule has 0 aromatic heterocycles. The molecule has 0 radical (unpaired) electrons. The zero-order valence-corrected chi connectivity index (χ0v) is 12.2. The second-order valence-electron chi connectivity index (χ2n) is 3.85. The molecule has 0 aliphatic rings. The molecule has 0 fully saturated rings. The van der Waals surface area contributed by atoms with Gasteiger partial charge in [-0.25, -0.2) is 0 Å². The van der Waals surface area contributed by atoms with Crippen LogP contribution in [0.25, 0.3) is 0 Å². The average molecular weight is 319 g/mol. The molecule has 4 heteroatoms. The van der Waals surface area contributed by atoms with Gasteiger partial charge in [-0.15, -0.1) is 0 Å². The van der Waals surface area contributed by atoms with Gasteiger partial charge in [-0.3, -0.25) is 5.43 Å². The van der Waals surface area contributed by atoms with Crippen molar-refractivity contribution in [2.24, 2.45) is 5.10 Å². The van der Waals surface area contributed by atoms with Gasteiger partial charge >= 0.3 is 0 Å². The molecule has 98 valence electrons. The van der Waals surface area contributed by atoms with Crippen LogP contribution < -0.4 is 10.2 Å². The molecule has 0 spiro atoms. The molecule has 2 aromatic rings. The van der Waals surface area contributed by atoms with E-state index in [9.17, 15) is 0 Å². The van der Waals surface area contributed by atoms with Crippen LogP contribution in [0.2, 0.25) is 0 Å². The van der Waals surface area contributed by atoms with Gasteiger partial charge in [-0.05, 0) is 43.3 Å². The third-order valence-corrected chi connectivity index (χ3v) is 2.99. The van der Waals surface area contributed by atoms with Crippen molar-refractivity contribution >= 4 is 27.8 Å². The Morgan fingerprint density at radius 2 is 1.89 bits per heavy atom. The minimum absolute atomic E-state index is 0.644. The van der Waals surface area contributed by atoms with Crippen molar-refractivity contribution < 1.29 is 4.74 Å². The molecular weight excluding hydrogens is 304 g/mol. The summed E-state index contributed by atoms with van der Waals surface area (Å²) in [4.78, 5) is 0. The van der Waals surface area contributed by atoms with E-state index in [1.165, 1.54) is 0 Å². The van der Waals surface area contributed by atoms with Gasteiger partial charge in [0.25, 0.3) is 0 Å². The molecule has 0 amide bonds. The maximum Gasteiger partial charge on any atom is 0.128 e. The molecule has 0 aliphatic carbocycles. The third kappa shape index (κ3) is 4.10. The Bertz CT molecular complexity index is 552. The molecule has 1 N–H and O–H groups in total. The lowest BCUT2D eigenvalue weighted by molar-refractivity contribution is 0.340. The summed E-state index contributed by atoms with van der Waals surface area (Å²) in [6.45, 7) is 2.61. The molecule has 2 rings (SSSR count). The van der Waals surface area contributed by atoms with Crippen LogP contribution in [0, 0.1) is 0 Å². The van der Waals surface area contributed by atoms with Crippen LogP contribution in [0.4, 0.5) is 5.69 Å². The van der Waals surface area contributed by atoms with Crippen LogP contribution in [0.15, 0.2) is 58.1 Å². The van der Waals surface area contributed by atoms with E-state index in [-0.39, 0.29) is 0 Å². The molecule has 19 heavy (non-hydrogen) atoms. The number of halogens is 1. The Hall–Kier alpha value is -1.81. The maximum absolute atomic E-state index is 5.53. The van der Waals surface area contributed by atoms with Crippen molar-refractivity contribution in [1.29, 1.82) is 0 Å². The molecule has 0 heterocycles. The molecule has 3 nitrogen and oxygen atoms in total. The van der Waals surface area contributed by atoms with Crippen molar-refractivity contribution in [3.8, 4) is 5.75 Å². The van der Waals surface area contributed by atoms with Gasteiger partial charge in [0.1, 0.15) is 5.75 Å². The Morgan fingerprint density at radius 1 is 1.16 bits per heavy atom. The van der Waals surface area contributed by atoms with Gasteiger partial charge in [0.05, 0.1) is 18.5 Å². The molecule has 0 atom stereocenters. The summed E-state index contributed by atoms with van der Waals surface area (Å²) in [7, 11) is 0. The van der Waals surface area contributed by atoms with E-state index in [0.717, 1.165) is 21.5 Å². The summed E-state index contributed by atoms with van der Waals surface area (Å²) in [5.41, 5.74) is 4.87. The van der Waals surface area contributed by atoms with Gasteiger partial charge in [-0.1, -0.05) is 28.1 Å². The van der Waals surface area contributed by atoms with E-state index >= 15 is 0 Å². The van der Waals surface area contributed by atoms with E-state index in [1.54, 1.807) is 6.21 Å². The second-order valence-corrected chi connectivity index (χ2v) is 4.76. The summed E-state index contributed by atoms with van der Waals surface area (Å²) in [6.07, 6.45) is 1.76. The van der Waals surface area contributed by atoms with E-state index in [1.807, 2.05) is 55.5 Å². The Balaban J connectivity index is 2.04. The SMILES string of the molecule is CCOc1ccccc1C=NNc1ccc(Br)cc1. The number of hydrazone groups is 1. The number of ether oxygens (including phenoxy) is 1. The standard InChI is InChI=1S/C15H15BrN2O/c1-2-19-15-6-4-3-5-12(15)11-17-18-14-9-7-13(16)8-10-14/h3-11,18H,2H2,1H3. The zero-order chi connectivity index (χ0) is 13.5. The first-order valence-corrected chi connectivity index (χ1v) is 6.85. The zero-order valence-electron chi connectivity index (χ0n) is 10.6. The number of anilines is 1. The fraction of sp³-hybridized carbons (Fsp3) is 0.133. The monoisotopic (exact) mass is 318 g/mol. The van der Waals surface area contributed by atoms with E-state index < -0.39 is 0 Å². The Kier molecular flexibility index (Phi) is 4.98. The van der Waals surface area contributed by atoms with Crippen LogP contribution in [-0.2, 0) is 0 Å².